The van der Waals surface area contributed by atoms with Crippen LogP contribution in [-0.4, -0.2) is 43.4 Å². The van der Waals surface area contributed by atoms with Crippen molar-refractivity contribution in [2.24, 2.45) is 0 Å². The molecule has 134 valence electrons. The number of ether oxygens (including phenoxy) is 1. The van der Waals surface area contributed by atoms with E-state index in [2.05, 4.69) is 10.6 Å². The first-order valence-corrected chi connectivity index (χ1v) is 8.62. The second-order valence-electron chi connectivity index (χ2n) is 5.82. The van der Waals surface area contributed by atoms with E-state index in [1.165, 1.54) is 0 Å². The van der Waals surface area contributed by atoms with Crippen LogP contribution in [0.25, 0.3) is 0 Å². The summed E-state index contributed by atoms with van der Waals surface area (Å²) in [5.74, 6) is 0.123. The highest BCUT2D eigenvalue weighted by atomic mass is 16.5. The Hall–Kier alpha value is -1.43. The maximum absolute atomic E-state index is 11.6. The Balaban J connectivity index is 3.45. The molecule has 0 aliphatic rings. The summed E-state index contributed by atoms with van der Waals surface area (Å²) in [4.78, 5) is 34.2. The van der Waals surface area contributed by atoms with Crippen LogP contribution in [0.15, 0.2) is 0 Å². The summed E-state index contributed by atoms with van der Waals surface area (Å²) in [6.07, 6.45) is 3.97. The third kappa shape index (κ3) is 15.2. The molecule has 23 heavy (non-hydrogen) atoms. The second-order valence-corrected chi connectivity index (χ2v) is 5.82. The van der Waals surface area contributed by atoms with Crippen molar-refractivity contribution >= 4 is 17.6 Å². The number of ketones is 1. The Bertz CT molecular complexity index is 357. The molecule has 0 aromatic carbocycles. The van der Waals surface area contributed by atoms with Gasteiger partial charge >= 0.3 is 0 Å². The van der Waals surface area contributed by atoms with Gasteiger partial charge in [-0.3, -0.25) is 14.4 Å². The third-order valence-electron chi connectivity index (χ3n) is 3.25. The largest absolute Gasteiger partial charge is 0.379 e. The fourth-order valence-corrected chi connectivity index (χ4v) is 1.90. The van der Waals surface area contributed by atoms with Crippen molar-refractivity contribution in [1.29, 1.82) is 0 Å². The van der Waals surface area contributed by atoms with Crippen molar-refractivity contribution in [1.82, 2.24) is 10.6 Å². The van der Waals surface area contributed by atoms with Gasteiger partial charge in [-0.1, -0.05) is 6.92 Å². The molecule has 2 N–H and O–H groups in total. The summed E-state index contributed by atoms with van der Waals surface area (Å²) in [5.41, 5.74) is 0. The van der Waals surface area contributed by atoms with E-state index >= 15 is 0 Å². The molecular weight excluding hydrogens is 296 g/mol. The number of hydrogen-bond acceptors (Lipinski definition) is 4. The van der Waals surface area contributed by atoms with Crippen molar-refractivity contribution in [3.63, 3.8) is 0 Å². The number of carbonyl (C=O) groups excluding carboxylic acids is 3. The third-order valence-corrected chi connectivity index (χ3v) is 3.25. The first kappa shape index (κ1) is 21.6. The highest BCUT2D eigenvalue weighted by molar-refractivity contribution is 5.79. The van der Waals surface area contributed by atoms with Crippen LogP contribution in [0.5, 0.6) is 0 Å². The Morgan fingerprint density at radius 3 is 1.96 bits per heavy atom. The minimum absolute atomic E-state index is 0.0316. The van der Waals surface area contributed by atoms with E-state index < -0.39 is 0 Å². The molecule has 6 nitrogen and oxygen atoms in total. The molecule has 0 saturated heterocycles. The van der Waals surface area contributed by atoms with E-state index in [4.69, 9.17) is 4.74 Å². The lowest BCUT2D eigenvalue weighted by molar-refractivity contribution is -0.123. The highest BCUT2D eigenvalue weighted by Gasteiger charge is 2.05. The van der Waals surface area contributed by atoms with Gasteiger partial charge in [-0.05, 0) is 33.1 Å². The first-order chi connectivity index (χ1) is 11.0. The number of hydrogen-bond donors (Lipinski definition) is 2. The number of carbonyl (C=O) groups is 3. The lowest BCUT2D eigenvalue weighted by Gasteiger charge is -2.08. The van der Waals surface area contributed by atoms with Crippen molar-refractivity contribution in [3.05, 3.63) is 0 Å². The summed E-state index contributed by atoms with van der Waals surface area (Å²) in [5, 5.41) is 5.58. The van der Waals surface area contributed by atoms with E-state index in [9.17, 15) is 14.4 Å². The molecule has 6 heteroatoms. The van der Waals surface area contributed by atoms with Gasteiger partial charge in [0.15, 0.2) is 0 Å². The number of amides is 2. The van der Waals surface area contributed by atoms with E-state index in [1.807, 2.05) is 20.8 Å². The van der Waals surface area contributed by atoms with E-state index in [1.54, 1.807) is 0 Å². The molecule has 0 aliphatic heterocycles. The fraction of sp³-hybridized carbons (Fsp3) is 0.824. The van der Waals surface area contributed by atoms with E-state index in [0.29, 0.717) is 58.2 Å². The molecule has 0 spiro atoms. The standard InChI is InChI=1S/C17H32N2O4/c1-4-15(20)8-6-11-18-16(21)9-5-10-17(22)19-12-7-13-23-14(2)3/h14H,4-13H2,1-3H3,(H,18,21)(H,19,22). The lowest BCUT2D eigenvalue weighted by Crippen LogP contribution is -2.27. The molecule has 0 unspecified atom stereocenters. The molecule has 0 heterocycles. The average molecular weight is 328 g/mol. The van der Waals surface area contributed by atoms with Gasteiger partial charge in [0.05, 0.1) is 6.10 Å². The number of Topliss-reactive ketones (excluding diaryl/α,β-unsaturated/α-hetero) is 1. The minimum atomic E-state index is -0.0629. The first-order valence-electron chi connectivity index (χ1n) is 8.62. The fourth-order valence-electron chi connectivity index (χ4n) is 1.90. The Kier molecular flexibility index (Phi) is 13.3. The molecule has 0 atom stereocenters. The van der Waals surface area contributed by atoms with Gasteiger partial charge in [-0.25, -0.2) is 0 Å². The van der Waals surface area contributed by atoms with Crippen LogP contribution < -0.4 is 10.6 Å². The molecule has 0 aromatic heterocycles. The summed E-state index contributed by atoms with van der Waals surface area (Å²) < 4.78 is 5.38. The number of rotatable bonds is 14. The number of nitrogens with one attached hydrogen (secondary N) is 2. The topological polar surface area (TPSA) is 84.5 Å². The van der Waals surface area contributed by atoms with Crippen molar-refractivity contribution in [2.75, 3.05) is 19.7 Å². The van der Waals surface area contributed by atoms with E-state index in [-0.39, 0.29) is 23.7 Å². The molecule has 0 radical (unpaired) electrons. The van der Waals surface area contributed by atoms with Crippen LogP contribution >= 0.6 is 0 Å². The van der Waals surface area contributed by atoms with Gasteiger partial charge in [-0.15, -0.1) is 0 Å². The normalized spacial score (nSPS) is 10.6. The Morgan fingerprint density at radius 2 is 1.43 bits per heavy atom. The summed E-state index contributed by atoms with van der Waals surface area (Å²) in [7, 11) is 0. The van der Waals surface area contributed by atoms with Crippen LogP contribution in [0, 0.1) is 0 Å². The summed E-state index contributed by atoms with van der Waals surface area (Å²) in [6, 6.07) is 0. The monoisotopic (exact) mass is 328 g/mol. The second kappa shape index (κ2) is 14.2. The van der Waals surface area contributed by atoms with Gasteiger partial charge in [0.25, 0.3) is 0 Å². The van der Waals surface area contributed by atoms with Gasteiger partial charge in [0, 0.05) is 45.4 Å². The van der Waals surface area contributed by atoms with Crippen molar-refractivity contribution in [2.45, 2.75) is 71.8 Å². The molecule has 0 bridgehead atoms. The molecule has 0 aliphatic carbocycles. The maximum Gasteiger partial charge on any atom is 0.220 e. The van der Waals surface area contributed by atoms with Crippen LogP contribution in [0.4, 0.5) is 0 Å². The van der Waals surface area contributed by atoms with Crippen molar-refractivity contribution in [3.8, 4) is 0 Å². The van der Waals surface area contributed by atoms with Crippen LogP contribution in [-0.2, 0) is 19.1 Å². The van der Waals surface area contributed by atoms with Gasteiger partial charge < -0.3 is 15.4 Å². The Labute approximate surface area is 139 Å². The van der Waals surface area contributed by atoms with E-state index in [0.717, 1.165) is 6.42 Å². The zero-order valence-electron chi connectivity index (χ0n) is 14.8. The van der Waals surface area contributed by atoms with Crippen LogP contribution in [0.3, 0.4) is 0 Å². The van der Waals surface area contributed by atoms with Gasteiger partial charge in [0.1, 0.15) is 5.78 Å². The van der Waals surface area contributed by atoms with Gasteiger partial charge in [0.2, 0.25) is 11.8 Å². The van der Waals surface area contributed by atoms with Gasteiger partial charge in [-0.2, -0.15) is 0 Å². The maximum atomic E-state index is 11.6. The SMILES string of the molecule is CCC(=O)CCCNC(=O)CCCC(=O)NCCCOC(C)C. The minimum Gasteiger partial charge on any atom is -0.379 e. The molecule has 0 saturated carbocycles. The smallest absolute Gasteiger partial charge is 0.220 e. The predicted molar refractivity (Wildman–Crippen MR) is 90.1 cm³/mol. The molecule has 0 aromatic rings. The molecule has 0 rings (SSSR count). The lowest BCUT2D eigenvalue weighted by atomic mass is 10.2. The van der Waals surface area contributed by atoms with Crippen molar-refractivity contribution < 1.29 is 19.1 Å². The molecule has 2 amide bonds. The predicted octanol–water partition coefficient (Wildman–Crippen LogP) is 1.96. The zero-order chi connectivity index (χ0) is 17.5. The molecule has 0 fully saturated rings. The average Bonchev–Trinajstić information content (AvgIpc) is 2.50. The zero-order valence-corrected chi connectivity index (χ0v) is 14.8. The summed E-state index contributed by atoms with van der Waals surface area (Å²) in [6.45, 7) is 7.55. The highest BCUT2D eigenvalue weighted by Crippen LogP contribution is 1.97. The Morgan fingerprint density at radius 1 is 0.870 bits per heavy atom. The van der Waals surface area contributed by atoms with Crippen LogP contribution in [0.2, 0.25) is 0 Å². The summed E-state index contributed by atoms with van der Waals surface area (Å²) >= 11 is 0. The van der Waals surface area contributed by atoms with Crippen LogP contribution in [0.1, 0.15) is 65.7 Å². The quantitative estimate of drug-likeness (QED) is 0.477. The molecular formula is C17H32N2O4.